The predicted octanol–water partition coefficient (Wildman–Crippen LogP) is 5.38. The number of nitrogens with one attached hydrogen (secondary N) is 1. The number of aromatic nitrogens is 2. The first-order valence-corrected chi connectivity index (χ1v) is 10.9. The Bertz CT molecular complexity index is 1380. The van der Waals surface area contributed by atoms with E-state index in [1.54, 1.807) is 6.08 Å². The molecule has 2 N–H and O–H groups in total. The number of halogens is 1. The number of H-pyrrole nitrogens is 1. The van der Waals surface area contributed by atoms with Crippen molar-refractivity contribution in [3.05, 3.63) is 106 Å². The third kappa shape index (κ3) is 5.13. The molecular formula is C26H22ClN3O3. The average molecular weight is 460 g/mol. The fourth-order valence-corrected chi connectivity index (χ4v) is 3.79. The summed E-state index contributed by atoms with van der Waals surface area (Å²) < 4.78 is 0. The van der Waals surface area contributed by atoms with Crippen LogP contribution in [0, 0.1) is 0 Å². The molecule has 0 bridgehead atoms. The molecule has 0 unspecified atom stereocenters. The molecule has 0 aliphatic rings. The van der Waals surface area contributed by atoms with Crippen LogP contribution >= 0.6 is 11.6 Å². The van der Waals surface area contributed by atoms with E-state index in [1.165, 1.54) is 23.8 Å². The van der Waals surface area contributed by atoms with Crippen LogP contribution in [-0.2, 0) is 6.54 Å². The van der Waals surface area contributed by atoms with Crippen molar-refractivity contribution in [2.75, 3.05) is 11.4 Å². The zero-order valence-electron chi connectivity index (χ0n) is 18.0. The predicted molar refractivity (Wildman–Crippen MR) is 133 cm³/mol. The van der Waals surface area contributed by atoms with Gasteiger partial charge in [-0.15, -0.1) is 0 Å². The lowest BCUT2D eigenvalue weighted by Gasteiger charge is -2.23. The van der Waals surface area contributed by atoms with Crippen LogP contribution in [0.5, 0.6) is 0 Å². The molecule has 1 aromatic heterocycles. The highest BCUT2D eigenvalue weighted by molar-refractivity contribution is 6.50. The summed E-state index contributed by atoms with van der Waals surface area (Å²) >= 11 is 6.45. The topological polar surface area (TPSA) is 86.3 Å². The lowest BCUT2D eigenvalue weighted by molar-refractivity contribution is 0.0697. The second kappa shape index (κ2) is 9.71. The number of hydrogen-bond acceptors (Lipinski definition) is 4. The molecule has 0 fully saturated rings. The smallest absolute Gasteiger partial charge is 0.335 e. The zero-order valence-corrected chi connectivity index (χ0v) is 18.7. The number of carboxylic acids is 1. The van der Waals surface area contributed by atoms with Gasteiger partial charge in [0.05, 0.1) is 21.5 Å². The molecule has 0 spiro atoms. The van der Waals surface area contributed by atoms with Crippen molar-refractivity contribution in [2.24, 2.45) is 0 Å². The Morgan fingerprint density at radius 3 is 2.48 bits per heavy atom. The summed E-state index contributed by atoms with van der Waals surface area (Å²) in [6.07, 6.45) is 1.71. The van der Waals surface area contributed by atoms with E-state index < -0.39 is 5.97 Å². The van der Waals surface area contributed by atoms with E-state index in [0.717, 1.165) is 24.3 Å². The number of aromatic amines is 1. The van der Waals surface area contributed by atoms with Crippen molar-refractivity contribution < 1.29 is 9.90 Å². The van der Waals surface area contributed by atoms with Gasteiger partial charge in [0, 0.05) is 18.8 Å². The van der Waals surface area contributed by atoms with Crippen LogP contribution in [0.15, 0.2) is 77.6 Å². The van der Waals surface area contributed by atoms with Crippen molar-refractivity contribution in [2.45, 2.75) is 13.5 Å². The van der Waals surface area contributed by atoms with Gasteiger partial charge in [-0.3, -0.25) is 4.79 Å². The summed E-state index contributed by atoms with van der Waals surface area (Å²) in [5.41, 5.74) is 3.12. The number of fused-ring (bicyclic) bond motifs is 1. The van der Waals surface area contributed by atoms with Crippen molar-refractivity contribution in [1.29, 1.82) is 0 Å². The lowest BCUT2D eigenvalue weighted by atomic mass is 10.1. The number of aromatic carboxylic acids is 1. The summed E-state index contributed by atoms with van der Waals surface area (Å²) in [5.74, 6) is -0.907. The lowest BCUT2D eigenvalue weighted by Crippen LogP contribution is -2.21. The average Bonchev–Trinajstić information content (AvgIpc) is 2.83. The molecule has 0 aliphatic heterocycles. The number of anilines is 1. The number of nitrogens with zero attached hydrogens (tertiary/aromatic N) is 2. The highest BCUT2D eigenvalue weighted by Gasteiger charge is 2.11. The van der Waals surface area contributed by atoms with E-state index in [2.05, 4.69) is 33.9 Å². The molecule has 0 saturated carbocycles. The van der Waals surface area contributed by atoms with Crippen LogP contribution in [0.4, 0.5) is 5.69 Å². The van der Waals surface area contributed by atoms with Crippen LogP contribution in [0.2, 0.25) is 0 Å². The fraction of sp³-hybridized carbons (Fsp3) is 0.115. The monoisotopic (exact) mass is 459 g/mol. The highest BCUT2D eigenvalue weighted by atomic mass is 35.5. The van der Waals surface area contributed by atoms with Crippen LogP contribution < -0.4 is 10.5 Å². The summed E-state index contributed by atoms with van der Waals surface area (Å²) in [7, 11) is 0. The number of hydrogen-bond donors (Lipinski definition) is 2. The molecule has 3 aromatic carbocycles. The Morgan fingerprint density at radius 1 is 1.09 bits per heavy atom. The fourth-order valence-electron chi connectivity index (χ4n) is 3.57. The Hall–Kier alpha value is -3.90. The Morgan fingerprint density at radius 2 is 1.82 bits per heavy atom. The molecule has 0 saturated heterocycles. The van der Waals surface area contributed by atoms with E-state index in [9.17, 15) is 14.7 Å². The van der Waals surface area contributed by atoms with Crippen LogP contribution in [-0.4, -0.2) is 27.6 Å². The molecule has 1 heterocycles. The van der Waals surface area contributed by atoms with Gasteiger partial charge in [0.2, 0.25) is 0 Å². The molecule has 166 valence electrons. The van der Waals surface area contributed by atoms with Gasteiger partial charge in [0.25, 0.3) is 5.56 Å². The van der Waals surface area contributed by atoms with Gasteiger partial charge in [0.1, 0.15) is 0 Å². The number of rotatable bonds is 7. The van der Waals surface area contributed by atoms with Gasteiger partial charge in [-0.05, 0) is 54.5 Å². The molecule has 0 atom stereocenters. The van der Waals surface area contributed by atoms with Gasteiger partial charge in [-0.1, -0.05) is 54.1 Å². The van der Waals surface area contributed by atoms with Gasteiger partial charge in [-0.25, -0.2) is 9.78 Å². The number of benzene rings is 3. The minimum Gasteiger partial charge on any atom is -0.478 e. The third-order valence-corrected chi connectivity index (χ3v) is 5.62. The minimum absolute atomic E-state index is 0.0539. The molecule has 7 heteroatoms. The van der Waals surface area contributed by atoms with E-state index in [1.807, 2.05) is 42.5 Å². The first-order chi connectivity index (χ1) is 15.9. The number of carboxylic acid groups (broad SMARTS) is 1. The highest BCUT2D eigenvalue weighted by Crippen LogP contribution is 2.23. The maximum atomic E-state index is 12.4. The van der Waals surface area contributed by atoms with E-state index in [0.29, 0.717) is 5.39 Å². The normalized spacial score (nSPS) is 11.5. The maximum absolute atomic E-state index is 12.4. The van der Waals surface area contributed by atoms with E-state index in [4.69, 9.17) is 11.6 Å². The maximum Gasteiger partial charge on any atom is 0.335 e. The van der Waals surface area contributed by atoms with Crippen molar-refractivity contribution >= 4 is 45.3 Å². The van der Waals surface area contributed by atoms with Crippen molar-refractivity contribution in [3.63, 3.8) is 0 Å². The second-order valence-electron chi connectivity index (χ2n) is 7.54. The summed E-state index contributed by atoms with van der Waals surface area (Å²) in [6, 6.07) is 22.4. The van der Waals surface area contributed by atoms with Crippen LogP contribution in [0.1, 0.15) is 34.2 Å². The number of carbonyl (C=O) groups is 1. The first-order valence-electron chi connectivity index (χ1n) is 10.5. The van der Waals surface area contributed by atoms with E-state index >= 15 is 0 Å². The summed E-state index contributed by atoms with van der Waals surface area (Å²) in [5, 5.41) is 9.74. The van der Waals surface area contributed by atoms with Gasteiger partial charge in [-0.2, -0.15) is 0 Å². The third-order valence-electron chi connectivity index (χ3n) is 5.33. The van der Waals surface area contributed by atoms with Crippen LogP contribution in [0.25, 0.3) is 22.0 Å². The van der Waals surface area contributed by atoms with Crippen molar-refractivity contribution in [1.82, 2.24) is 9.97 Å². The minimum atomic E-state index is -1.09. The van der Waals surface area contributed by atoms with Crippen LogP contribution in [0.3, 0.4) is 0 Å². The standard InChI is InChI=1S/C26H22ClN3O3/c1-2-30(16-18-6-4-3-5-7-18)20-11-8-17(9-12-20)14-22(27)24-28-23-15-19(26(32)33)10-13-21(23)25(31)29-24/h3-15H,2,16H2,1H3,(H,32,33)(H,28,29,31)/b22-14-. The summed E-state index contributed by atoms with van der Waals surface area (Å²) in [4.78, 5) is 32.9. The van der Waals surface area contributed by atoms with Crippen molar-refractivity contribution in [3.8, 4) is 0 Å². The molecule has 0 radical (unpaired) electrons. The Labute approximate surface area is 195 Å². The molecule has 0 amide bonds. The molecule has 6 nitrogen and oxygen atoms in total. The SMILES string of the molecule is CCN(Cc1ccccc1)c1ccc(/C=C(\Cl)c2nc3cc(C(=O)O)ccc3c(=O)[nH]2)cc1. The Balaban J connectivity index is 1.59. The first kappa shape index (κ1) is 22.3. The quantitative estimate of drug-likeness (QED) is 0.387. The summed E-state index contributed by atoms with van der Waals surface area (Å²) in [6.45, 7) is 3.80. The molecule has 33 heavy (non-hydrogen) atoms. The molecule has 0 aliphatic carbocycles. The molecule has 4 aromatic rings. The second-order valence-corrected chi connectivity index (χ2v) is 7.94. The van der Waals surface area contributed by atoms with Gasteiger partial charge in [0.15, 0.2) is 5.82 Å². The van der Waals surface area contributed by atoms with Gasteiger partial charge < -0.3 is 15.0 Å². The van der Waals surface area contributed by atoms with E-state index in [-0.39, 0.29) is 27.5 Å². The molecular weight excluding hydrogens is 438 g/mol. The van der Waals surface area contributed by atoms with Gasteiger partial charge >= 0.3 is 5.97 Å². The zero-order chi connectivity index (χ0) is 23.4. The molecule has 4 rings (SSSR count). The Kier molecular flexibility index (Phi) is 6.56. The largest absolute Gasteiger partial charge is 0.478 e.